The van der Waals surface area contributed by atoms with Crippen LogP contribution in [0.2, 0.25) is 5.02 Å². The third-order valence-electron chi connectivity index (χ3n) is 3.09. The number of Topliss-reactive ketones (excluding diaryl/α,β-unsaturated/α-hetero) is 1. The van der Waals surface area contributed by atoms with Gasteiger partial charge in [-0.15, -0.1) is 5.10 Å². The highest BCUT2D eigenvalue weighted by molar-refractivity contribution is 9.10. The molecule has 7 heteroatoms. The van der Waals surface area contributed by atoms with Gasteiger partial charge in [0.2, 0.25) is 0 Å². The molecule has 0 aliphatic carbocycles. The lowest BCUT2D eigenvalue weighted by molar-refractivity contribution is 0.0967. The number of aromatic nitrogens is 4. The van der Waals surface area contributed by atoms with Crippen LogP contribution in [0.1, 0.15) is 10.4 Å². The topological polar surface area (TPSA) is 60.7 Å². The molecular weight excluding hydrogens is 368 g/mol. The van der Waals surface area contributed by atoms with Crippen LogP contribution in [0.4, 0.5) is 0 Å². The zero-order valence-electron chi connectivity index (χ0n) is 11.3. The van der Waals surface area contributed by atoms with Crippen LogP contribution in [0.15, 0.2) is 53.0 Å². The van der Waals surface area contributed by atoms with Crippen LogP contribution in [-0.2, 0) is 6.54 Å². The fourth-order valence-electron chi connectivity index (χ4n) is 1.98. The lowest BCUT2D eigenvalue weighted by Crippen LogP contribution is -2.13. The van der Waals surface area contributed by atoms with E-state index in [0.29, 0.717) is 16.4 Å². The summed E-state index contributed by atoms with van der Waals surface area (Å²) in [7, 11) is 0. The molecule has 0 fully saturated rings. The standard InChI is InChI=1S/C15H10BrClN4O/c16-12-5-1-11(2-6-12)15-18-19-20-21(15)9-14(22)10-3-7-13(17)8-4-10/h1-8H,9H2. The summed E-state index contributed by atoms with van der Waals surface area (Å²) in [6.07, 6.45) is 0. The van der Waals surface area contributed by atoms with Crippen LogP contribution < -0.4 is 0 Å². The molecule has 0 unspecified atom stereocenters. The highest BCUT2D eigenvalue weighted by Gasteiger charge is 2.13. The summed E-state index contributed by atoms with van der Waals surface area (Å²) in [4.78, 5) is 12.3. The summed E-state index contributed by atoms with van der Waals surface area (Å²) in [5, 5.41) is 12.1. The maximum Gasteiger partial charge on any atom is 0.184 e. The number of nitrogens with zero attached hydrogens (tertiary/aromatic N) is 4. The van der Waals surface area contributed by atoms with Gasteiger partial charge in [0, 0.05) is 20.6 Å². The summed E-state index contributed by atoms with van der Waals surface area (Å²) in [6, 6.07) is 14.3. The minimum atomic E-state index is -0.0812. The van der Waals surface area contributed by atoms with E-state index in [2.05, 4.69) is 31.5 Å². The number of halogens is 2. The molecule has 2 aromatic carbocycles. The monoisotopic (exact) mass is 376 g/mol. The normalized spacial score (nSPS) is 10.6. The first-order chi connectivity index (χ1) is 10.6. The largest absolute Gasteiger partial charge is 0.292 e. The Labute approximate surface area is 140 Å². The third kappa shape index (κ3) is 3.23. The van der Waals surface area contributed by atoms with Crippen molar-refractivity contribution in [2.45, 2.75) is 6.54 Å². The Hall–Kier alpha value is -2.05. The second kappa shape index (κ2) is 6.37. The lowest BCUT2D eigenvalue weighted by Gasteiger charge is -2.05. The van der Waals surface area contributed by atoms with Crippen LogP contribution in [0.3, 0.4) is 0 Å². The molecule has 0 bridgehead atoms. The Morgan fingerprint density at radius 1 is 1.09 bits per heavy atom. The average molecular weight is 378 g/mol. The Bertz CT molecular complexity index is 799. The summed E-state index contributed by atoms with van der Waals surface area (Å²) < 4.78 is 2.45. The van der Waals surface area contributed by atoms with Crippen molar-refractivity contribution in [3.63, 3.8) is 0 Å². The van der Waals surface area contributed by atoms with E-state index in [-0.39, 0.29) is 12.3 Å². The zero-order chi connectivity index (χ0) is 15.5. The number of hydrogen-bond donors (Lipinski definition) is 0. The van der Waals surface area contributed by atoms with Gasteiger partial charge in [-0.2, -0.15) is 0 Å². The molecule has 1 heterocycles. The molecule has 110 valence electrons. The van der Waals surface area contributed by atoms with Crippen LogP contribution in [0.25, 0.3) is 11.4 Å². The zero-order valence-corrected chi connectivity index (χ0v) is 13.6. The van der Waals surface area contributed by atoms with Crippen molar-refractivity contribution < 1.29 is 4.79 Å². The number of benzene rings is 2. The first kappa shape index (κ1) is 14.9. The van der Waals surface area contributed by atoms with Gasteiger partial charge >= 0.3 is 0 Å². The molecule has 0 radical (unpaired) electrons. The van der Waals surface area contributed by atoms with Crippen molar-refractivity contribution in [1.29, 1.82) is 0 Å². The molecule has 0 aliphatic heterocycles. The molecule has 3 rings (SSSR count). The van der Waals surface area contributed by atoms with E-state index < -0.39 is 0 Å². The smallest absolute Gasteiger partial charge is 0.184 e. The van der Waals surface area contributed by atoms with Crippen molar-refractivity contribution in [2.24, 2.45) is 0 Å². The third-order valence-corrected chi connectivity index (χ3v) is 3.87. The first-order valence-electron chi connectivity index (χ1n) is 6.44. The highest BCUT2D eigenvalue weighted by Crippen LogP contribution is 2.19. The number of rotatable bonds is 4. The quantitative estimate of drug-likeness (QED) is 0.651. The minimum absolute atomic E-state index is 0.0695. The van der Waals surface area contributed by atoms with E-state index in [0.717, 1.165) is 10.0 Å². The van der Waals surface area contributed by atoms with Gasteiger partial charge < -0.3 is 0 Å². The Balaban J connectivity index is 1.84. The Morgan fingerprint density at radius 3 is 2.45 bits per heavy atom. The van der Waals surface area contributed by atoms with E-state index in [9.17, 15) is 4.79 Å². The van der Waals surface area contributed by atoms with Crippen molar-refractivity contribution >= 4 is 33.3 Å². The number of ketones is 1. The van der Waals surface area contributed by atoms with Gasteiger partial charge in [0.1, 0.15) is 6.54 Å². The second-order valence-electron chi connectivity index (χ2n) is 4.60. The maximum atomic E-state index is 12.3. The van der Waals surface area contributed by atoms with Gasteiger partial charge in [-0.3, -0.25) is 4.79 Å². The van der Waals surface area contributed by atoms with Gasteiger partial charge in [0.05, 0.1) is 0 Å². The lowest BCUT2D eigenvalue weighted by atomic mass is 10.1. The van der Waals surface area contributed by atoms with Gasteiger partial charge in [0.25, 0.3) is 0 Å². The van der Waals surface area contributed by atoms with E-state index in [1.807, 2.05) is 24.3 Å². The van der Waals surface area contributed by atoms with Crippen molar-refractivity contribution in [3.05, 3.63) is 63.6 Å². The van der Waals surface area contributed by atoms with Crippen molar-refractivity contribution in [1.82, 2.24) is 20.2 Å². The van der Waals surface area contributed by atoms with E-state index in [4.69, 9.17) is 11.6 Å². The summed E-state index contributed by atoms with van der Waals surface area (Å²) >= 11 is 9.21. The molecule has 0 amide bonds. The molecule has 5 nitrogen and oxygen atoms in total. The second-order valence-corrected chi connectivity index (χ2v) is 5.95. The molecule has 0 atom stereocenters. The van der Waals surface area contributed by atoms with E-state index in [1.165, 1.54) is 4.68 Å². The predicted octanol–water partition coefficient (Wildman–Crippen LogP) is 3.64. The van der Waals surface area contributed by atoms with Gasteiger partial charge in [-0.1, -0.05) is 39.7 Å². The minimum Gasteiger partial charge on any atom is -0.292 e. The summed E-state index contributed by atoms with van der Waals surface area (Å²) in [5.74, 6) is 0.470. The SMILES string of the molecule is O=C(Cn1nnnc1-c1ccc(Br)cc1)c1ccc(Cl)cc1. The van der Waals surface area contributed by atoms with Crippen molar-refractivity contribution in [2.75, 3.05) is 0 Å². The van der Waals surface area contributed by atoms with Crippen LogP contribution in [0.5, 0.6) is 0 Å². The number of hydrogen-bond acceptors (Lipinski definition) is 4. The fraction of sp³-hybridized carbons (Fsp3) is 0.0667. The molecule has 0 N–H and O–H groups in total. The fourth-order valence-corrected chi connectivity index (χ4v) is 2.37. The maximum absolute atomic E-state index is 12.3. The molecule has 3 aromatic rings. The summed E-state index contributed by atoms with van der Waals surface area (Å²) in [5.41, 5.74) is 1.42. The van der Waals surface area contributed by atoms with E-state index in [1.54, 1.807) is 24.3 Å². The van der Waals surface area contributed by atoms with E-state index >= 15 is 0 Å². The van der Waals surface area contributed by atoms with Gasteiger partial charge in [0.15, 0.2) is 11.6 Å². The molecule has 0 saturated carbocycles. The molecule has 0 spiro atoms. The van der Waals surface area contributed by atoms with Crippen LogP contribution >= 0.6 is 27.5 Å². The van der Waals surface area contributed by atoms with Crippen LogP contribution in [0, 0.1) is 0 Å². The molecule has 0 saturated heterocycles. The first-order valence-corrected chi connectivity index (χ1v) is 7.61. The molecule has 0 aliphatic rings. The predicted molar refractivity (Wildman–Crippen MR) is 86.7 cm³/mol. The van der Waals surface area contributed by atoms with Crippen LogP contribution in [-0.4, -0.2) is 26.0 Å². The average Bonchev–Trinajstić information content (AvgIpc) is 2.97. The molecule has 1 aromatic heterocycles. The van der Waals surface area contributed by atoms with Gasteiger partial charge in [-0.25, -0.2) is 4.68 Å². The molecule has 22 heavy (non-hydrogen) atoms. The number of carbonyl (C=O) groups is 1. The number of tetrazole rings is 1. The number of carbonyl (C=O) groups excluding carboxylic acids is 1. The summed E-state index contributed by atoms with van der Waals surface area (Å²) in [6.45, 7) is 0.0695. The van der Waals surface area contributed by atoms with Gasteiger partial charge in [-0.05, 0) is 46.8 Å². The Kier molecular flexibility index (Phi) is 4.31. The Morgan fingerprint density at radius 2 is 1.77 bits per heavy atom. The molecular formula is C15H10BrClN4O. The highest BCUT2D eigenvalue weighted by atomic mass is 79.9. The van der Waals surface area contributed by atoms with Crippen molar-refractivity contribution in [3.8, 4) is 11.4 Å².